The van der Waals surface area contributed by atoms with Crippen LogP contribution in [0.5, 0.6) is 0 Å². The van der Waals surface area contributed by atoms with Crippen LogP contribution in [0.4, 0.5) is 11.6 Å². The fourth-order valence-electron chi connectivity index (χ4n) is 2.32. The Bertz CT molecular complexity index is 385. The second kappa shape index (κ2) is 5.52. The van der Waals surface area contributed by atoms with E-state index in [1.165, 1.54) is 32.2 Å². The Kier molecular flexibility index (Phi) is 3.59. The normalized spacial score (nSPS) is 23.7. The van der Waals surface area contributed by atoms with E-state index in [1.807, 2.05) is 6.07 Å². The Labute approximate surface area is 108 Å². The Balaban J connectivity index is 1.51. The predicted molar refractivity (Wildman–Crippen MR) is 72.8 cm³/mol. The van der Waals surface area contributed by atoms with Gasteiger partial charge < -0.3 is 16.0 Å². The fourth-order valence-corrected chi connectivity index (χ4v) is 2.32. The van der Waals surface area contributed by atoms with Gasteiger partial charge >= 0.3 is 0 Å². The van der Waals surface area contributed by atoms with Crippen LogP contribution in [0, 0.1) is 5.92 Å². The minimum absolute atomic E-state index is 0.635. The summed E-state index contributed by atoms with van der Waals surface area (Å²) < 4.78 is 0. The molecule has 2 fully saturated rings. The topological polar surface area (TPSA) is 61.9 Å². The molecule has 18 heavy (non-hydrogen) atoms. The van der Waals surface area contributed by atoms with Crippen molar-refractivity contribution in [1.29, 1.82) is 0 Å². The highest BCUT2D eigenvalue weighted by Crippen LogP contribution is 2.24. The summed E-state index contributed by atoms with van der Waals surface area (Å²) in [7, 11) is 0. The third-order valence-electron chi connectivity index (χ3n) is 3.57. The molecule has 0 aromatic carbocycles. The molecule has 98 valence electrons. The molecule has 0 unspecified atom stereocenters. The lowest BCUT2D eigenvalue weighted by molar-refractivity contribution is 0.392. The number of nitrogens with one attached hydrogen (secondary N) is 3. The van der Waals surface area contributed by atoms with Crippen LogP contribution < -0.4 is 16.0 Å². The zero-order chi connectivity index (χ0) is 12.2. The van der Waals surface area contributed by atoms with Crippen LogP contribution in [-0.4, -0.2) is 35.6 Å². The minimum Gasteiger partial charge on any atom is -0.370 e. The molecular formula is C13H21N5. The highest BCUT2D eigenvalue weighted by atomic mass is 15.1. The van der Waals surface area contributed by atoms with Gasteiger partial charge in [0.1, 0.15) is 18.0 Å². The average Bonchev–Trinajstić information content (AvgIpc) is 3.22. The van der Waals surface area contributed by atoms with E-state index in [4.69, 9.17) is 0 Å². The first-order valence-electron chi connectivity index (χ1n) is 6.93. The third kappa shape index (κ3) is 3.32. The Hall–Kier alpha value is -1.36. The maximum absolute atomic E-state index is 4.27. The summed E-state index contributed by atoms with van der Waals surface area (Å²) in [6, 6.07) is 2.64. The molecule has 3 N–H and O–H groups in total. The molecule has 1 aliphatic heterocycles. The molecule has 5 nitrogen and oxygen atoms in total. The lowest BCUT2D eigenvalue weighted by atomic mass is 10.00. The van der Waals surface area contributed by atoms with Crippen molar-refractivity contribution in [2.75, 3.05) is 30.3 Å². The summed E-state index contributed by atoms with van der Waals surface area (Å²) in [5, 5.41) is 10.2. The number of hydrogen-bond donors (Lipinski definition) is 3. The van der Waals surface area contributed by atoms with Gasteiger partial charge in [0.15, 0.2) is 0 Å². The summed E-state index contributed by atoms with van der Waals surface area (Å²) in [6.45, 7) is 3.28. The van der Waals surface area contributed by atoms with Crippen molar-refractivity contribution in [3.05, 3.63) is 12.4 Å². The molecule has 2 heterocycles. The van der Waals surface area contributed by atoms with Crippen LogP contribution in [0.15, 0.2) is 12.4 Å². The van der Waals surface area contributed by atoms with Gasteiger partial charge in [-0.15, -0.1) is 0 Å². The summed E-state index contributed by atoms with van der Waals surface area (Å²) in [4.78, 5) is 8.51. The number of piperidine rings is 1. The van der Waals surface area contributed by atoms with Gasteiger partial charge in [0.05, 0.1) is 0 Å². The Morgan fingerprint density at radius 1 is 1.22 bits per heavy atom. The maximum Gasteiger partial charge on any atom is 0.131 e. The van der Waals surface area contributed by atoms with E-state index in [-0.39, 0.29) is 0 Å². The number of anilines is 2. The van der Waals surface area contributed by atoms with Crippen molar-refractivity contribution < 1.29 is 0 Å². The Morgan fingerprint density at radius 3 is 2.89 bits per heavy atom. The number of rotatable bonds is 5. The van der Waals surface area contributed by atoms with E-state index in [0.717, 1.165) is 24.7 Å². The van der Waals surface area contributed by atoms with Crippen LogP contribution in [0.25, 0.3) is 0 Å². The molecule has 0 spiro atoms. The molecule has 5 heteroatoms. The second-order valence-electron chi connectivity index (χ2n) is 5.30. The molecule has 1 aromatic rings. The summed E-state index contributed by atoms with van der Waals surface area (Å²) >= 11 is 0. The van der Waals surface area contributed by atoms with Gasteiger partial charge in [-0.2, -0.15) is 0 Å². The number of nitrogens with zero attached hydrogens (tertiary/aromatic N) is 2. The van der Waals surface area contributed by atoms with Gasteiger partial charge in [-0.3, -0.25) is 0 Å². The standard InChI is InChI=1S/C13H21N5/c1-2-10(7-14-5-1)8-15-12-6-13(17-9-16-12)18-11-3-4-11/h6,9-11,14H,1-5,7-8H2,(H2,15,16,17,18)/t10-/m0/s1. The third-order valence-corrected chi connectivity index (χ3v) is 3.57. The van der Waals surface area contributed by atoms with Gasteiger partial charge in [0.25, 0.3) is 0 Å². The largest absolute Gasteiger partial charge is 0.370 e. The molecular weight excluding hydrogens is 226 g/mol. The summed E-state index contributed by atoms with van der Waals surface area (Å²) in [5.74, 6) is 2.59. The van der Waals surface area contributed by atoms with Gasteiger partial charge in [-0.25, -0.2) is 9.97 Å². The summed E-state index contributed by atoms with van der Waals surface area (Å²) in [6.07, 6.45) is 6.75. The van der Waals surface area contributed by atoms with Gasteiger partial charge in [-0.05, 0) is 44.7 Å². The molecule has 0 bridgehead atoms. The van der Waals surface area contributed by atoms with Crippen molar-refractivity contribution in [2.45, 2.75) is 31.7 Å². The van der Waals surface area contributed by atoms with Crippen LogP contribution in [0.2, 0.25) is 0 Å². The van der Waals surface area contributed by atoms with E-state index in [0.29, 0.717) is 12.0 Å². The minimum atomic E-state index is 0.635. The van der Waals surface area contributed by atoms with Gasteiger partial charge in [0, 0.05) is 18.7 Å². The first-order chi connectivity index (χ1) is 8.90. The van der Waals surface area contributed by atoms with Gasteiger partial charge in [-0.1, -0.05) is 0 Å². The highest BCUT2D eigenvalue weighted by Gasteiger charge is 2.21. The van der Waals surface area contributed by atoms with E-state index < -0.39 is 0 Å². The molecule has 2 aliphatic rings. The smallest absolute Gasteiger partial charge is 0.131 e. The average molecular weight is 247 g/mol. The van der Waals surface area contributed by atoms with Crippen molar-refractivity contribution in [3.8, 4) is 0 Å². The molecule has 1 aliphatic carbocycles. The fraction of sp³-hybridized carbons (Fsp3) is 0.692. The van der Waals surface area contributed by atoms with E-state index >= 15 is 0 Å². The molecule has 1 saturated carbocycles. The van der Waals surface area contributed by atoms with Crippen molar-refractivity contribution in [3.63, 3.8) is 0 Å². The number of aromatic nitrogens is 2. The van der Waals surface area contributed by atoms with Gasteiger partial charge in [0.2, 0.25) is 0 Å². The first kappa shape index (κ1) is 11.7. The van der Waals surface area contributed by atoms with E-state index in [2.05, 4.69) is 25.9 Å². The van der Waals surface area contributed by atoms with Crippen molar-refractivity contribution >= 4 is 11.6 Å². The molecule has 3 rings (SSSR count). The van der Waals surface area contributed by atoms with Crippen LogP contribution >= 0.6 is 0 Å². The molecule has 1 saturated heterocycles. The maximum atomic E-state index is 4.27. The number of hydrogen-bond acceptors (Lipinski definition) is 5. The highest BCUT2D eigenvalue weighted by molar-refractivity contribution is 5.47. The predicted octanol–water partition coefficient (Wildman–Crippen LogP) is 1.46. The van der Waals surface area contributed by atoms with E-state index in [1.54, 1.807) is 6.33 Å². The van der Waals surface area contributed by atoms with Crippen LogP contribution in [-0.2, 0) is 0 Å². The van der Waals surface area contributed by atoms with Crippen LogP contribution in [0.3, 0.4) is 0 Å². The van der Waals surface area contributed by atoms with Crippen LogP contribution in [0.1, 0.15) is 25.7 Å². The first-order valence-corrected chi connectivity index (χ1v) is 6.93. The Morgan fingerprint density at radius 2 is 2.11 bits per heavy atom. The lowest BCUT2D eigenvalue weighted by Gasteiger charge is -2.23. The van der Waals surface area contributed by atoms with Crippen molar-refractivity contribution in [1.82, 2.24) is 15.3 Å². The second-order valence-corrected chi connectivity index (χ2v) is 5.30. The zero-order valence-electron chi connectivity index (χ0n) is 10.7. The SMILES string of the molecule is c1nc(NC[C@H]2CCCNC2)cc(NC2CC2)n1. The quantitative estimate of drug-likeness (QED) is 0.735. The molecule has 1 atom stereocenters. The molecule has 1 aromatic heterocycles. The molecule has 0 radical (unpaired) electrons. The van der Waals surface area contributed by atoms with E-state index in [9.17, 15) is 0 Å². The van der Waals surface area contributed by atoms with Crippen molar-refractivity contribution in [2.24, 2.45) is 5.92 Å². The zero-order valence-corrected chi connectivity index (χ0v) is 10.7. The summed E-state index contributed by atoms with van der Waals surface area (Å²) in [5.41, 5.74) is 0. The lowest BCUT2D eigenvalue weighted by Crippen LogP contribution is -2.33. The monoisotopic (exact) mass is 247 g/mol. The molecule has 0 amide bonds.